The second-order valence-corrected chi connectivity index (χ2v) is 3.34. The van der Waals surface area contributed by atoms with Crippen molar-refractivity contribution >= 4 is 10.4 Å². The quantitative estimate of drug-likeness (QED) is 0.414. The van der Waals surface area contributed by atoms with E-state index in [9.17, 15) is 4.79 Å². The largest absolute Gasteiger partial charge is 0.497 e. The van der Waals surface area contributed by atoms with E-state index in [-0.39, 0.29) is 5.69 Å². The zero-order valence-corrected chi connectivity index (χ0v) is 8.47. The topological polar surface area (TPSA) is 100 Å². The zero-order chi connectivity index (χ0) is 11.4. The molecule has 0 radical (unpaired) electrons. The lowest BCUT2D eigenvalue weighted by molar-refractivity contribution is -0.690. The number of hydrogen-bond donors (Lipinski definition) is 2. The molecule has 0 fully saturated rings. The molecule has 0 aromatic carbocycles. The first-order valence-corrected chi connectivity index (χ1v) is 4.82. The van der Waals surface area contributed by atoms with E-state index in [2.05, 4.69) is 0 Å². The summed E-state index contributed by atoms with van der Waals surface area (Å²) in [5, 5.41) is 0. The second-order valence-electron chi connectivity index (χ2n) is 2.44. The van der Waals surface area contributed by atoms with Gasteiger partial charge in [0.15, 0.2) is 0 Å². The number of aromatic nitrogens is 2. The molecule has 0 saturated heterocycles. The zero-order valence-electron chi connectivity index (χ0n) is 7.65. The van der Waals surface area contributed by atoms with Crippen LogP contribution in [0.5, 0.6) is 0 Å². The van der Waals surface area contributed by atoms with Gasteiger partial charge < -0.3 is 0 Å². The van der Waals surface area contributed by atoms with E-state index in [1.54, 1.807) is 26.5 Å². The van der Waals surface area contributed by atoms with Gasteiger partial charge in [-0.2, -0.15) is 13.2 Å². The molecule has 1 rings (SSSR count). The van der Waals surface area contributed by atoms with E-state index in [1.807, 2.05) is 6.07 Å². The van der Waals surface area contributed by atoms with Gasteiger partial charge in [-0.3, -0.25) is 9.11 Å². The summed E-state index contributed by atoms with van der Waals surface area (Å²) in [6, 6.07) is 1.82. The minimum Gasteiger partial charge on any atom is -0.264 e. The van der Waals surface area contributed by atoms with E-state index in [4.69, 9.17) is 17.5 Å². The lowest BCUT2D eigenvalue weighted by atomic mass is 10.6. The van der Waals surface area contributed by atoms with E-state index in [0.717, 1.165) is 0 Å². The Labute approximate surface area is 80.8 Å². The molecule has 0 atom stereocenters. The molecule has 1 aromatic heterocycles. The van der Waals surface area contributed by atoms with Crippen LogP contribution in [0.25, 0.3) is 0 Å². The minimum atomic E-state index is -4.67. The van der Waals surface area contributed by atoms with Crippen molar-refractivity contribution in [1.29, 1.82) is 0 Å². The maximum atomic E-state index is 10.9. The fourth-order valence-corrected chi connectivity index (χ4v) is 0.673. The Kier molecular flexibility index (Phi) is 4.41. The standard InChI is InChI=1S/C6H9N2O.H2O4S/c1-7-4-3-5-8(2)6(7)9;1-5(2,3)4/h3-5H,1-2H3;(H2,1,2,3,4)/q+1;. The highest BCUT2D eigenvalue weighted by atomic mass is 32.3. The smallest absolute Gasteiger partial charge is 0.264 e. The first kappa shape index (κ1) is 12.8. The first-order valence-electron chi connectivity index (χ1n) is 3.43. The van der Waals surface area contributed by atoms with Crippen molar-refractivity contribution in [2.24, 2.45) is 14.1 Å². The van der Waals surface area contributed by atoms with Crippen molar-refractivity contribution in [2.45, 2.75) is 0 Å². The van der Waals surface area contributed by atoms with Gasteiger partial charge in [0.1, 0.15) is 0 Å². The first-order chi connectivity index (χ1) is 6.22. The molecule has 1 aromatic rings. The van der Waals surface area contributed by atoms with E-state index < -0.39 is 10.4 Å². The predicted molar refractivity (Wildman–Crippen MR) is 47.0 cm³/mol. The third-order valence-electron chi connectivity index (χ3n) is 1.22. The van der Waals surface area contributed by atoms with Crippen LogP contribution in [0.1, 0.15) is 0 Å². The highest BCUT2D eigenvalue weighted by Gasteiger charge is 1.97. The van der Waals surface area contributed by atoms with Crippen LogP contribution < -0.4 is 10.3 Å². The van der Waals surface area contributed by atoms with Crippen LogP contribution in [0.4, 0.5) is 0 Å². The monoisotopic (exact) mass is 223 g/mol. The molecule has 0 saturated carbocycles. The molecule has 2 N–H and O–H groups in total. The molecule has 0 spiro atoms. The van der Waals surface area contributed by atoms with Gasteiger partial charge >= 0.3 is 16.1 Å². The van der Waals surface area contributed by atoms with E-state index >= 15 is 0 Å². The van der Waals surface area contributed by atoms with Crippen LogP contribution in [-0.4, -0.2) is 22.1 Å². The van der Waals surface area contributed by atoms with Gasteiger partial charge in [0.2, 0.25) is 0 Å². The van der Waals surface area contributed by atoms with Gasteiger partial charge in [0.05, 0.1) is 26.5 Å². The van der Waals surface area contributed by atoms with Gasteiger partial charge in [-0.1, -0.05) is 0 Å². The highest BCUT2D eigenvalue weighted by Crippen LogP contribution is 1.66. The van der Waals surface area contributed by atoms with Gasteiger partial charge in [0, 0.05) is 6.07 Å². The van der Waals surface area contributed by atoms with Crippen molar-refractivity contribution in [3.8, 4) is 0 Å². The van der Waals surface area contributed by atoms with Crippen molar-refractivity contribution in [3.05, 3.63) is 28.9 Å². The lowest BCUT2D eigenvalue weighted by Gasteiger charge is -1.88. The third-order valence-corrected chi connectivity index (χ3v) is 1.22. The van der Waals surface area contributed by atoms with Crippen molar-refractivity contribution in [3.63, 3.8) is 0 Å². The summed E-state index contributed by atoms with van der Waals surface area (Å²) < 4.78 is 34.6. The molecule has 0 aliphatic heterocycles. The Balaban J connectivity index is 0.000000292. The SMILES string of the molecule is Cn1ccc[n+](C)c1=O.O=S(=O)(O)O. The molecule has 0 aliphatic rings. The van der Waals surface area contributed by atoms with Crippen molar-refractivity contribution < 1.29 is 22.1 Å². The summed E-state index contributed by atoms with van der Waals surface area (Å²) in [6.45, 7) is 0. The molecule has 1 heterocycles. The van der Waals surface area contributed by atoms with Crippen LogP contribution >= 0.6 is 0 Å². The van der Waals surface area contributed by atoms with Crippen molar-refractivity contribution in [1.82, 2.24) is 4.57 Å². The van der Waals surface area contributed by atoms with E-state index in [1.165, 1.54) is 9.13 Å². The summed E-state index contributed by atoms with van der Waals surface area (Å²) in [4.78, 5) is 10.9. The molecule has 8 heteroatoms. The maximum absolute atomic E-state index is 10.9. The fourth-order valence-electron chi connectivity index (χ4n) is 0.673. The van der Waals surface area contributed by atoms with Crippen LogP contribution in [0, 0.1) is 0 Å². The molecular weight excluding hydrogens is 212 g/mol. The molecule has 80 valence electrons. The normalized spacial score (nSPS) is 10.3. The Morgan fingerprint density at radius 1 is 1.43 bits per heavy atom. The van der Waals surface area contributed by atoms with Crippen LogP contribution in [0.3, 0.4) is 0 Å². The van der Waals surface area contributed by atoms with Crippen LogP contribution in [0.15, 0.2) is 23.3 Å². The predicted octanol–water partition coefficient (Wildman–Crippen LogP) is -1.44. The minimum absolute atomic E-state index is 0.00231. The Morgan fingerprint density at radius 2 is 1.86 bits per heavy atom. The summed E-state index contributed by atoms with van der Waals surface area (Å²) in [7, 11) is -1.22. The Morgan fingerprint density at radius 3 is 2.14 bits per heavy atom. The Bertz CT molecular complexity index is 418. The average Bonchev–Trinajstić information content (AvgIpc) is 1.97. The number of rotatable bonds is 0. The average molecular weight is 223 g/mol. The van der Waals surface area contributed by atoms with Crippen LogP contribution in [-0.2, 0) is 24.5 Å². The number of aryl methyl sites for hydroxylation is 2. The van der Waals surface area contributed by atoms with Gasteiger partial charge in [-0.05, 0) is 0 Å². The lowest BCUT2D eigenvalue weighted by Crippen LogP contribution is -2.49. The van der Waals surface area contributed by atoms with E-state index in [0.29, 0.717) is 0 Å². The number of hydrogen-bond acceptors (Lipinski definition) is 3. The summed E-state index contributed by atoms with van der Waals surface area (Å²) >= 11 is 0. The molecule has 14 heavy (non-hydrogen) atoms. The molecule has 0 unspecified atom stereocenters. The maximum Gasteiger partial charge on any atom is 0.497 e. The second kappa shape index (κ2) is 4.84. The van der Waals surface area contributed by atoms with Crippen molar-refractivity contribution in [2.75, 3.05) is 0 Å². The molecule has 0 amide bonds. The Hall–Kier alpha value is -1.25. The molecule has 7 nitrogen and oxygen atoms in total. The molecule has 0 bridgehead atoms. The van der Waals surface area contributed by atoms with Gasteiger partial charge in [-0.15, -0.1) is 0 Å². The van der Waals surface area contributed by atoms with Crippen LogP contribution in [0.2, 0.25) is 0 Å². The molecule has 0 aliphatic carbocycles. The fraction of sp³-hybridized carbons (Fsp3) is 0.333. The number of nitrogens with zero attached hydrogens (tertiary/aromatic N) is 2. The summed E-state index contributed by atoms with van der Waals surface area (Å²) in [5.74, 6) is 0. The van der Waals surface area contributed by atoms with Gasteiger partial charge in [0.25, 0.3) is 0 Å². The third kappa shape index (κ3) is 6.29. The summed E-state index contributed by atoms with van der Waals surface area (Å²) in [5.41, 5.74) is -0.00231. The summed E-state index contributed by atoms with van der Waals surface area (Å²) in [6.07, 6.45) is 3.45. The molecular formula is C6H11N2O5S+. The van der Waals surface area contributed by atoms with Gasteiger partial charge in [-0.25, -0.2) is 9.13 Å². The highest BCUT2D eigenvalue weighted by molar-refractivity contribution is 7.79.